The van der Waals surface area contributed by atoms with Gasteiger partial charge in [0.2, 0.25) is 5.91 Å². The minimum atomic E-state index is 0.0317. The van der Waals surface area contributed by atoms with Gasteiger partial charge in [-0.25, -0.2) is 0 Å². The molecule has 0 aromatic heterocycles. The molecule has 0 unspecified atom stereocenters. The van der Waals surface area contributed by atoms with Crippen LogP contribution < -0.4 is 5.32 Å². The summed E-state index contributed by atoms with van der Waals surface area (Å²) < 4.78 is 0. The molecular weight excluding hydrogens is 266 g/mol. The van der Waals surface area contributed by atoms with Crippen LogP contribution in [-0.4, -0.2) is 11.7 Å². The van der Waals surface area contributed by atoms with E-state index in [-0.39, 0.29) is 5.91 Å². The zero-order chi connectivity index (χ0) is 14.5. The number of nitrogens with one attached hydrogen (secondary N) is 1. The van der Waals surface area contributed by atoms with Gasteiger partial charge in [-0.15, -0.1) is 11.8 Å². The maximum atomic E-state index is 12.0. The molecule has 104 valence electrons. The molecule has 2 nitrogen and oxygen atoms in total. The van der Waals surface area contributed by atoms with E-state index in [0.717, 1.165) is 21.7 Å². The molecule has 0 saturated carbocycles. The lowest BCUT2D eigenvalue weighted by Crippen LogP contribution is -2.14. The zero-order valence-corrected chi connectivity index (χ0v) is 12.9. The summed E-state index contributed by atoms with van der Waals surface area (Å²) in [5.41, 5.74) is 4.37. The molecule has 0 aliphatic carbocycles. The van der Waals surface area contributed by atoms with Crippen molar-refractivity contribution in [1.82, 2.24) is 0 Å². The maximum Gasteiger partial charge on any atom is 0.234 e. The Labute approximate surface area is 124 Å². The number of rotatable bonds is 4. The standard InChI is InChI=1S/C17H19NOS/c1-12-5-8-15(9-6-12)20-11-17(19)18-16-10-13(2)4-7-14(16)3/h4-10H,11H2,1-3H3,(H,18,19). The summed E-state index contributed by atoms with van der Waals surface area (Å²) >= 11 is 1.55. The van der Waals surface area contributed by atoms with Gasteiger partial charge in [0, 0.05) is 10.6 Å². The molecule has 0 spiro atoms. The molecule has 2 rings (SSSR count). The van der Waals surface area contributed by atoms with Gasteiger partial charge in [-0.3, -0.25) is 4.79 Å². The molecule has 0 aliphatic heterocycles. The van der Waals surface area contributed by atoms with Crippen LogP contribution >= 0.6 is 11.8 Å². The first-order valence-corrected chi connectivity index (χ1v) is 7.60. The minimum absolute atomic E-state index is 0.0317. The summed E-state index contributed by atoms with van der Waals surface area (Å²) in [6, 6.07) is 14.3. The quantitative estimate of drug-likeness (QED) is 0.847. The van der Waals surface area contributed by atoms with Crippen molar-refractivity contribution >= 4 is 23.4 Å². The molecule has 0 atom stereocenters. The topological polar surface area (TPSA) is 29.1 Å². The number of carbonyl (C=O) groups excluding carboxylic acids is 1. The van der Waals surface area contributed by atoms with E-state index in [0.29, 0.717) is 5.75 Å². The molecule has 20 heavy (non-hydrogen) atoms. The van der Waals surface area contributed by atoms with Crippen LogP contribution in [0.25, 0.3) is 0 Å². The molecule has 0 bridgehead atoms. The predicted octanol–water partition coefficient (Wildman–Crippen LogP) is 4.34. The van der Waals surface area contributed by atoms with Crippen LogP contribution in [0.5, 0.6) is 0 Å². The van der Waals surface area contributed by atoms with E-state index in [4.69, 9.17) is 0 Å². The van der Waals surface area contributed by atoms with Gasteiger partial charge in [0.15, 0.2) is 0 Å². The number of benzene rings is 2. The van der Waals surface area contributed by atoms with Crippen molar-refractivity contribution < 1.29 is 4.79 Å². The highest BCUT2D eigenvalue weighted by molar-refractivity contribution is 8.00. The Morgan fingerprint density at radius 2 is 1.65 bits per heavy atom. The Balaban J connectivity index is 1.92. The van der Waals surface area contributed by atoms with Gasteiger partial charge in [0.05, 0.1) is 5.75 Å². The van der Waals surface area contributed by atoms with E-state index in [1.807, 2.05) is 44.2 Å². The van der Waals surface area contributed by atoms with Crippen molar-refractivity contribution in [2.45, 2.75) is 25.7 Å². The third-order valence-electron chi connectivity index (χ3n) is 3.06. The molecule has 0 aliphatic rings. The van der Waals surface area contributed by atoms with Crippen LogP contribution in [0, 0.1) is 20.8 Å². The zero-order valence-electron chi connectivity index (χ0n) is 12.1. The van der Waals surface area contributed by atoms with Gasteiger partial charge in [-0.05, 0) is 50.1 Å². The lowest BCUT2D eigenvalue weighted by molar-refractivity contribution is -0.113. The Bertz CT molecular complexity index is 605. The van der Waals surface area contributed by atoms with Crippen molar-refractivity contribution in [3.63, 3.8) is 0 Å². The van der Waals surface area contributed by atoms with Crippen LogP contribution in [0.2, 0.25) is 0 Å². The summed E-state index contributed by atoms with van der Waals surface area (Å²) in [6.07, 6.45) is 0. The normalized spacial score (nSPS) is 10.3. The Morgan fingerprint density at radius 1 is 1.00 bits per heavy atom. The lowest BCUT2D eigenvalue weighted by Gasteiger charge is -2.09. The van der Waals surface area contributed by atoms with Crippen molar-refractivity contribution in [1.29, 1.82) is 0 Å². The number of carbonyl (C=O) groups is 1. The number of anilines is 1. The fourth-order valence-corrected chi connectivity index (χ4v) is 2.54. The molecule has 0 fully saturated rings. The molecule has 0 radical (unpaired) electrons. The van der Waals surface area contributed by atoms with Gasteiger partial charge >= 0.3 is 0 Å². The Morgan fingerprint density at radius 3 is 2.35 bits per heavy atom. The van der Waals surface area contributed by atoms with E-state index >= 15 is 0 Å². The molecule has 2 aromatic carbocycles. The average molecular weight is 285 g/mol. The monoisotopic (exact) mass is 285 g/mol. The molecule has 0 saturated heterocycles. The third kappa shape index (κ3) is 4.14. The number of aryl methyl sites for hydroxylation is 3. The number of amides is 1. The minimum Gasteiger partial charge on any atom is -0.325 e. The van der Waals surface area contributed by atoms with Crippen molar-refractivity contribution in [3.05, 3.63) is 59.2 Å². The van der Waals surface area contributed by atoms with Crippen molar-refractivity contribution in [3.8, 4) is 0 Å². The fourth-order valence-electron chi connectivity index (χ4n) is 1.84. The Hall–Kier alpha value is -1.74. The number of thioether (sulfide) groups is 1. The van der Waals surface area contributed by atoms with E-state index in [1.54, 1.807) is 11.8 Å². The molecule has 0 heterocycles. The summed E-state index contributed by atoms with van der Waals surface area (Å²) in [5.74, 6) is 0.459. The largest absolute Gasteiger partial charge is 0.325 e. The van der Waals surface area contributed by atoms with E-state index in [9.17, 15) is 4.79 Å². The van der Waals surface area contributed by atoms with Crippen molar-refractivity contribution in [2.75, 3.05) is 11.1 Å². The average Bonchev–Trinajstić information content (AvgIpc) is 2.42. The Kier molecular flexibility index (Phi) is 4.85. The molecule has 2 aromatic rings. The first kappa shape index (κ1) is 14.7. The van der Waals surface area contributed by atoms with Gasteiger partial charge in [0.25, 0.3) is 0 Å². The van der Waals surface area contributed by atoms with Crippen molar-refractivity contribution in [2.24, 2.45) is 0 Å². The number of hydrogen-bond donors (Lipinski definition) is 1. The smallest absolute Gasteiger partial charge is 0.234 e. The summed E-state index contributed by atoms with van der Waals surface area (Å²) in [5, 5.41) is 2.97. The van der Waals surface area contributed by atoms with Gasteiger partial charge in [-0.1, -0.05) is 29.8 Å². The summed E-state index contributed by atoms with van der Waals surface area (Å²) in [7, 11) is 0. The van der Waals surface area contributed by atoms with Crippen LogP contribution in [-0.2, 0) is 4.79 Å². The first-order chi connectivity index (χ1) is 9.54. The SMILES string of the molecule is Cc1ccc(SCC(=O)Nc2cc(C)ccc2C)cc1. The second-order valence-electron chi connectivity index (χ2n) is 4.97. The van der Waals surface area contributed by atoms with Gasteiger partial charge in [-0.2, -0.15) is 0 Å². The highest BCUT2D eigenvalue weighted by Crippen LogP contribution is 2.20. The highest BCUT2D eigenvalue weighted by atomic mass is 32.2. The van der Waals surface area contributed by atoms with Gasteiger partial charge < -0.3 is 5.32 Å². The first-order valence-electron chi connectivity index (χ1n) is 6.61. The van der Waals surface area contributed by atoms with E-state index in [1.165, 1.54) is 5.56 Å². The summed E-state index contributed by atoms with van der Waals surface area (Å²) in [4.78, 5) is 13.1. The highest BCUT2D eigenvalue weighted by Gasteiger charge is 2.06. The lowest BCUT2D eigenvalue weighted by atomic mass is 10.1. The maximum absolute atomic E-state index is 12.0. The van der Waals surface area contributed by atoms with Crippen LogP contribution in [0.15, 0.2) is 47.4 Å². The summed E-state index contributed by atoms with van der Waals surface area (Å²) in [6.45, 7) is 6.08. The predicted molar refractivity (Wildman–Crippen MR) is 86.4 cm³/mol. The third-order valence-corrected chi connectivity index (χ3v) is 4.07. The fraction of sp³-hybridized carbons (Fsp3) is 0.235. The van der Waals surface area contributed by atoms with Crippen LogP contribution in [0.3, 0.4) is 0 Å². The van der Waals surface area contributed by atoms with Gasteiger partial charge in [0.1, 0.15) is 0 Å². The molecular formula is C17H19NOS. The molecule has 1 N–H and O–H groups in total. The van der Waals surface area contributed by atoms with E-state index < -0.39 is 0 Å². The molecule has 3 heteroatoms. The van der Waals surface area contributed by atoms with E-state index in [2.05, 4.69) is 24.4 Å². The second kappa shape index (κ2) is 6.62. The molecule has 1 amide bonds. The van der Waals surface area contributed by atoms with Crippen LogP contribution in [0.4, 0.5) is 5.69 Å². The second-order valence-corrected chi connectivity index (χ2v) is 6.02. The van der Waals surface area contributed by atoms with Crippen LogP contribution in [0.1, 0.15) is 16.7 Å². The number of hydrogen-bond acceptors (Lipinski definition) is 2.